The van der Waals surface area contributed by atoms with E-state index < -0.39 is 61.4 Å². The molecule has 0 aliphatic rings. The molecular formula is C19H12F9N5O2S. The molecule has 0 aliphatic carbocycles. The monoisotopic (exact) mass is 545 g/mol. The zero-order valence-corrected chi connectivity index (χ0v) is 18.4. The summed E-state index contributed by atoms with van der Waals surface area (Å²) < 4.78 is 144. The van der Waals surface area contributed by atoms with Gasteiger partial charge in [0.2, 0.25) is 0 Å². The average molecular weight is 545 g/mol. The zero-order valence-electron chi connectivity index (χ0n) is 17.6. The quantitative estimate of drug-likeness (QED) is 0.397. The lowest BCUT2D eigenvalue weighted by Crippen LogP contribution is -2.59. The topological polar surface area (TPSA) is 98.6 Å². The summed E-state index contributed by atoms with van der Waals surface area (Å²) >= 11 is 0. The van der Waals surface area contributed by atoms with Crippen molar-refractivity contribution in [3.8, 4) is 23.0 Å². The summed E-state index contributed by atoms with van der Waals surface area (Å²) in [5.74, 6) is -20.8. The molecule has 3 heterocycles. The van der Waals surface area contributed by atoms with E-state index in [4.69, 9.17) is 0 Å². The number of sulfone groups is 1. The summed E-state index contributed by atoms with van der Waals surface area (Å²) in [6, 6.07) is 2.06. The molecule has 0 saturated carbocycles. The van der Waals surface area contributed by atoms with Crippen molar-refractivity contribution in [1.82, 2.24) is 24.9 Å². The Bertz CT molecular complexity index is 1350. The van der Waals surface area contributed by atoms with Gasteiger partial charge in [-0.1, -0.05) is 6.92 Å². The van der Waals surface area contributed by atoms with Gasteiger partial charge in [0.25, 0.3) is 0 Å². The molecule has 0 saturated heterocycles. The Morgan fingerprint density at radius 2 is 1.39 bits per heavy atom. The van der Waals surface area contributed by atoms with Gasteiger partial charge in [-0.2, -0.15) is 39.5 Å². The van der Waals surface area contributed by atoms with Gasteiger partial charge < -0.3 is 0 Å². The Kier molecular flexibility index (Phi) is 6.76. The molecule has 3 aromatic heterocycles. The van der Waals surface area contributed by atoms with Crippen LogP contribution in [-0.2, 0) is 15.8 Å². The van der Waals surface area contributed by atoms with Gasteiger partial charge in [-0.05, 0) is 18.2 Å². The molecule has 17 heteroatoms. The van der Waals surface area contributed by atoms with Crippen LogP contribution in [0.15, 0.2) is 47.9 Å². The molecule has 0 radical (unpaired) electrons. The minimum Gasteiger partial charge on any atom is -0.254 e. The summed E-state index contributed by atoms with van der Waals surface area (Å²) in [5, 5.41) is 0. The van der Waals surface area contributed by atoms with Crippen molar-refractivity contribution in [1.29, 1.82) is 0 Å². The van der Waals surface area contributed by atoms with Gasteiger partial charge in [0, 0.05) is 24.2 Å². The van der Waals surface area contributed by atoms with Gasteiger partial charge in [-0.15, -0.1) is 0 Å². The highest BCUT2D eigenvalue weighted by atomic mass is 32.2. The predicted octanol–water partition coefficient (Wildman–Crippen LogP) is 4.71. The summed E-state index contributed by atoms with van der Waals surface area (Å²) in [6.45, 7) is 1.26. The van der Waals surface area contributed by atoms with Crippen molar-refractivity contribution in [2.45, 2.75) is 35.8 Å². The molecule has 0 spiro atoms. The van der Waals surface area contributed by atoms with E-state index in [9.17, 15) is 47.9 Å². The third-order valence-corrected chi connectivity index (χ3v) is 6.48. The number of pyridine rings is 1. The van der Waals surface area contributed by atoms with Crippen LogP contribution in [0.2, 0.25) is 0 Å². The Balaban J connectivity index is 2.13. The first-order chi connectivity index (χ1) is 16.5. The van der Waals surface area contributed by atoms with Crippen LogP contribution in [0.4, 0.5) is 39.5 Å². The minimum absolute atomic E-state index is 0.0845. The summed E-state index contributed by atoms with van der Waals surface area (Å²) in [4.78, 5) is 18.3. The maximum Gasteiger partial charge on any atom is 0.460 e. The lowest BCUT2D eigenvalue weighted by Gasteiger charge is -2.33. The van der Waals surface area contributed by atoms with Crippen LogP contribution >= 0.6 is 0 Å². The number of aromatic nitrogens is 5. The first-order valence-electron chi connectivity index (χ1n) is 9.51. The maximum absolute atomic E-state index is 14.2. The molecule has 0 fully saturated rings. The molecule has 7 nitrogen and oxygen atoms in total. The molecule has 0 N–H and O–H groups in total. The first kappa shape index (κ1) is 27.2. The van der Waals surface area contributed by atoms with Crippen molar-refractivity contribution >= 4 is 9.84 Å². The Labute approximate surface area is 196 Å². The first-order valence-corrected chi connectivity index (χ1v) is 11.2. The van der Waals surface area contributed by atoms with Crippen molar-refractivity contribution in [2.24, 2.45) is 0 Å². The fraction of sp³-hybridized carbons (Fsp3) is 0.316. The van der Waals surface area contributed by atoms with E-state index in [1.165, 1.54) is 25.4 Å². The van der Waals surface area contributed by atoms with E-state index in [2.05, 4.69) is 24.9 Å². The lowest BCUT2D eigenvalue weighted by atomic mass is 9.98. The third kappa shape index (κ3) is 4.46. The highest BCUT2D eigenvalue weighted by Gasteiger charge is 2.82. The number of hydrogen-bond acceptors (Lipinski definition) is 7. The van der Waals surface area contributed by atoms with E-state index in [1.54, 1.807) is 0 Å². The number of rotatable bonds is 7. The van der Waals surface area contributed by atoms with Gasteiger partial charge in [0.15, 0.2) is 21.5 Å². The second kappa shape index (κ2) is 8.94. The third-order valence-electron chi connectivity index (χ3n) is 4.75. The van der Waals surface area contributed by atoms with Crippen LogP contribution < -0.4 is 0 Å². The Hall–Kier alpha value is -3.37. The largest absolute Gasteiger partial charge is 0.460 e. The molecule has 194 valence electrons. The number of nitrogens with zero attached hydrogens (tertiary/aromatic N) is 5. The standard InChI is InChI=1S/C19H12F9N5O2S/c1-2-36(34,35)12-9-32-15(14-29-6-3-7-30-14)33-13(12)11-5-4-10(8-31-11)16(20,21)17(22,23)18(24,25)19(26,27)28/h3-9H,2H2,1H3. The molecule has 36 heavy (non-hydrogen) atoms. The second-order valence-electron chi connectivity index (χ2n) is 7.04. The lowest BCUT2D eigenvalue weighted by molar-refractivity contribution is -0.399. The smallest absolute Gasteiger partial charge is 0.254 e. The molecular weight excluding hydrogens is 533 g/mol. The van der Waals surface area contributed by atoms with Crippen LogP contribution in [0.3, 0.4) is 0 Å². The molecule has 0 unspecified atom stereocenters. The molecule has 0 bridgehead atoms. The van der Waals surface area contributed by atoms with Crippen LogP contribution in [0.25, 0.3) is 23.0 Å². The number of hydrogen-bond donors (Lipinski definition) is 0. The van der Waals surface area contributed by atoms with E-state index in [-0.39, 0.29) is 23.9 Å². The van der Waals surface area contributed by atoms with E-state index in [0.29, 0.717) is 6.07 Å². The Morgan fingerprint density at radius 1 is 0.778 bits per heavy atom. The zero-order chi connectivity index (χ0) is 27.2. The molecule has 3 aromatic rings. The van der Waals surface area contributed by atoms with Crippen molar-refractivity contribution < 1.29 is 47.9 Å². The molecule has 0 amide bonds. The van der Waals surface area contributed by atoms with Gasteiger partial charge in [-0.3, -0.25) is 4.98 Å². The SMILES string of the molecule is CCS(=O)(=O)c1cnc(-c2ncccn2)nc1-c1ccc(C(F)(F)C(F)(F)C(F)(F)C(F)(F)F)cn1. The predicted molar refractivity (Wildman–Crippen MR) is 104 cm³/mol. The van der Waals surface area contributed by atoms with Crippen molar-refractivity contribution in [3.05, 3.63) is 48.5 Å². The fourth-order valence-electron chi connectivity index (χ4n) is 2.74. The van der Waals surface area contributed by atoms with Gasteiger partial charge in [-0.25, -0.2) is 28.4 Å². The summed E-state index contributed by atoms with van der Waals surface area (Å²) in [6.07, 6.45) is -3.62. The number of halogens is 9. The molecule has 0 aliphatic heterocycles. The van der Waals surface area contributed by atoms with E-state index >= 15 is 0 Å². The van der Waals surface area contributed by atoms with E-state index in [0.717, 1.165) is 6.20 Å². The second-order valence-corrected chi connectivity index (χ2v) is 9.28. The van der Waals surface area contributed by atoms with Crippen LogP contribution in [-0.4, -0.2) is 57.1 Å². The van der Waals surface area contributed by atoms with Crippen LogP contribution in [0, 0.1) is 0 Å². The van der Waals surface area contributed by atoms with Crippen LogP contribution in [0.1, 0.15) is 12.5 Å². The summed E-state index contributed by atoms with van der Waals surface area (Å²) in [7, 11) is -4.07. The molecule has 3 rings (SSSR count). The van der Waals surface area contributed by atoms with Gasteiger partial charge in [0.1, 0.15) is 10.6 Å². The van der Waals surface area contributed by atoms with Crippen molar-refractivity contribution in [2.75, 3.05) is 5.75 Å². The average Bonchev–Trinajstić information content (AvgIpc) is 2.83. The highest BCUT2D eigenvalue weighted by molar-refractivity contribution is 7.91. The van der Waals surface area contributed by atoms with E-state index in [1.807, 2.05) is 0 Å². The fourth-order valence-corrected chi connectivity index (χ4v) is 3.70. The Morgan fingerprint density at radius 3 is 1.89 bits per heavy atom. The minimum atomic E-state index is -7.08. The summed E-state index contributed by atoms with van der Waals surface area (Å²) in [5.41, 5.74) is -3.01. The van der Waals surface area contributed by atoms with Crippen LogP contribution in [0.5, 0.6) is 0 Å². The highest BCUT2D eigenvalue weighted by Crippen LogP contribution is 2.56. The maximum atomic E-state index is 14.2. The molecule has 0 aromatic carbocycles. The number of alkyl halides is 9. The van der Waals surface area contributed by atoms with Gasteiger partial charge in [0.05, 0.1) is 17.6 Å². The van der Waals surface area contributed by atoms with Gasteiger partial charge >= 0.3 is 23.9 Å². The van der Waals surface area contributed by atoms with Crippen molar-refractivity contribution in [3.63, 3.8) is 0 Å². The normalized spacial score (nSPS) is 13.6. The molecule has 0 atom stereocenters.